The van der Waals surface area contributed by atoms with Gasteiger partial charge in [0, 0.05) is 19.3 Å². The molecule has 2 rings (SSSR count). The molecule has 0 bridgehead atoms. The Labute approximate surface area is 116 Å². The van der Waals surface area contributed by atoms with Gasteiger partial charge in [0.2, 0.25) is 0 Å². The highest BCUT2D eigenvalue weighted by Crippen LogP contribution is 2.30. The molecule has 0 unspecified atom stereocenters. The highest BCUT2D eigenvalue weighted by Gasteiger charge is 2.24. The van der Waals surface area contributed by atoms with E-state index in [9.17, 15) is 0 Å². The maximum absolute atomic E-state index is 5.47. The van der Waals surface area contributed by atoms with Gasteiger partial charge in [0.1, 0.15) is 5.82 Å². The van der Waals surface area contributed by atoms with Crippen LogP contribution in [-0.2, 0) is 6.54 Å². The van der Waals surface area contributed by atoms with Crippen LogP contribution in [0.1, 0.15) is 31.7 Å². The van der Waals surface area contributed by atoms with Crippen molar-refractivity contribution in [3.05, 3.63) is 23.9 Å². The predicted molar refractivity (Wildman–Crippen MR) is 80.0 cm³/mol. The molecule has 1 heterocycles. The number of pyridine rings is 1. The Hall–Kier alpha value is -1.53. The van der Waals surface area contributed by atoms with Crippen molar-refractivity contribution in [3.8, 4) is 12.3 Å². The summed E-state index contributed by atoms with van der Waals surface area (Å²) >= 11 is 0. The minimum atomic E-state index is 0.648. The lowest BCUT2D eigenvalue weighted by Gasteiger charge is -2.21. The summed E-state index contributed by atoms with van der Waals surface area (Å²) in [5.41, 5.74) is 1.27. The molecule has 3 nitrogen and oxygen atoms in total. The highest BCUT2D eigenvalue weighted by molar-refractivity contribution is 5.42. The smallest absolute Gasteiger partial charge is 0.129 e. The summed E-state index contributed by atoms with van der Waals surface area (Å²) < 4.78 is 0. The van der Waals surface area contributed by atoms with Gasteiger partial charge in [-0.05, 0) is 49.4 Å². The van der Waals surface area contributed by atoms with Crippen LogP contribution in [-0.4, -0.2) is 24.6 Å². The molecule has 1 aliphatic rings. The molecule has 1 aromatic heterocycles. The lowest BCUT2D eigenvalue weighted by molar-refractivity contribution is 0.674. The second-order valence-electron chi connectivity index (χ2n) is 5.23. The number of anilines is 1. The first kappa shape index (κ1) is 13.9. The minimum absolute atomic E-state index is 0.648. The molecule has 1 N–H and O–H groups in total. The van der Waals surface area contributed by atoms with Gasteiger partial charge in [-0.2, -0.15) is 0 Å². The van der Waals surface area contributed by atoms with Crippen LogP contribution >= 0.6 is 0 Å². The lowest BCUT2D eigenvalue weighted by atomic mass is 10.2. The van der Waals surface area contributed by atoms with Crippen molar-refractivity contribution >= 4 is 5.82 Å². The molecule has 0 amide bonds. The van der Waals surface area contributed by atoms with Crippen LogP contribution in [0.3, 0.4) is 0 Å². The van der Waals surface area contributed by atoms with Gasteiger partial charge in [-0.1, -0.05) is 12.8 Å². The molecule has 102 valence electrons. The van der Waals surface area contributed by atoms with E-state index in [1.807, 2.05) is 6.20 Å². The third kappa shape index (κ3) is 4.57. The molecule has 1 aromatic rings. The largest absolute Gasteiger partial charge is 0.345 e. The highest BCUT2D eigenvalue weighted by atomic mass is 15.2. The number of aromatic nitrogens is 1. The average molecular weight is 257 g/mol. The van der Waals surface area contributed by atoms with E-state index in [-0.39, 0.29) is 0 Å². The monoisotopic (exact) mass is 257 g/mol. The van der Waals surface area contributed by atoms with Gasteiger partial charge in [-0.25, -0.2) is 4.98 Å². The number of nitrogens with zero attached hydrogens (tertiary/aromatic N) is 2. The minimum Gasteiger partial charge on any atom is -0.345 e. The van der Waals surface area contributed by atoms with Gasteiger partial charge >= 0.3 is 0 Å². The molecule has 1 aliphatic carbocycles. The molecule has 0 aromatic carbocycles. The van der Waals surface area contributed by atoms with Crippen LogP contribution in [0.15, 0.2) is 18.3 Å². The van der Waals surface area contributed by atoms with Crippen molar-refractivity contribution in [1.29, 1.82) is 0 Å². The fourth-order valence-electron chi connectivity index (χ4n) is 2.11. The third-order valence-corrected chi connectivity index (χ3v) is 3.35. The molecule has 0 saturated heterocycles. The van der Waals surface area contributed by atoms with Crippen molar-refractivity contribution < 1.29 is 0 Å². The number of hydrogen-bond acceptors (Lipinski definition) is 3. The molecule has 0 radical (unpaired) electrons. The van der Waals surface area contributed by atoms with E-state index in [0.717, 1.165) is 37.8 Å². The molecular weight excluding hydrogens is 234 g/mol. The van der Waals surface area contributed by atoms with Crippen molar-refractivity contribution in [2.45, 2.75) is 32.7 Å². The van der Waals surface area contributed by atoms with Crippen LogP contribution in [0.4, 0.5) is 5.82 Å². The normalized spacial score (nSPS) is 14.1. The second kappa shape index (κ2) is 7.16. The third-order valence-electron chi connectivity index (χ3n) is 3.35. The summed E-state index contributed by atoms with van der Waals surface area (Å²) in [6.45, 7) is 5.82. The Morgan fingerprint density at radius 1 is 1.53 bits per heavy atom. The van der Waals surface area contributed by atoms with Crippen LogP contribution < -0.4 is 10.2 Å². The van der Waals surface area contributed by atoms with Gasteiger partial charge in [-0.3, -0.25) is 0 Å². The number of hydrogen-bond donors (Lipinski definition) is 1. The Morgan fingerprint density at radius 2 is 2.37 bits per heavy atom. The summed E-state index contributed by atoms with van der Waals surface area (Å²) in [4.78, 5) is 6.69. The maximum atomic E-state index is 5.47. The van der Waals surface area contributed by atoms with E-state index in [1.54, 1.807) is 0 Å². The van der Waals surface area contributed by atoms with Gasteiger partial charge < -0.3 is 10.2 Å². The van der Waals surface area contributed by atoms with Crippen LogP contribution in [0.5, 0.6) is 0 Å². The zero-order valence-corrected chi connectivity index (χ0v) is 11.7. The van der Waals surface area contributed by atoms with Crippen molar-refractivity contribution in [1.82, 2.24) is 10.3 Å². The van der Waals surface area contributed by atoms with Gasteiger partial charge in [0.05, 0.1) is 6.54 Å². The molecule has 0 atom stereocenters. The molecule has 1 fully saturated rings. The molecule has 0 aliphatic heterocycles. The van der Waals surface area contributed by atoms with Crippen molar-refractivity contribution in [2.24, 2.45) is 5.92 Å². The molecule has 1 saturated carbocycles. The first-order valence-corrected chi connectivity index (χ1v) is 7.17. The van der Waals surface area contributed by atoms with Gasteiger partial charge in [0.25, 0.3) is 0 Å². The molecular formula is C16H23N3. The van der Waals surface area contributed by atoms with E-state index >= 15 is 0 Å². The van der Waals surface area contributed by atoms with Gasteiger partial charge in [0.15, 0.2) is 0 Å². The van der Waals surface area contributed by atoms with Crippen LogP contribution in [0.25, 0.3) is 0 Å². The predicted octanol–water partition coefficient (Wildman–Crippen LogP) is 2.43. The summed E-state index contributed by atoms with van der Waals surface area (Å²) in [5.74, 6) is 4.57. The van der Waals surface area contributed by atoms with E-state index in [4.69, 9.17) is 6.42 Å². The standard InChI is InChI=1S/C16H23N3/c1-3-8-17-12-15-7-9-18-16(11-15)19(10-4-2)13-14-5-6-14/h2,7,9,11,14,17H,3,5-6,8,10,12-13H2,1H3. The van der Waals surface area contributed by atoms with Crippen LogP contribution in [0.2, 0.25) is 0 Å². The van der Waals surface area contributed by atoms with E-state index in [2.05, 4.69) is 40.2 Å². The van der Waals surface area contributed by atoms with E-state index in [1.165, 1.54) is 18.4 Å². The van der Waals surface area contributed by atoms with E-state index in [0.29, 0.717) is 6.54 Å². The fourth-order valence-corrected chi connectivity index (χ4v) is 2.11. The molecule has 0 spiro atoms. The summed E-state index contributed by atoms with van der Waals surface area (Å²) in [5, 5.41) is 3.42. The SMILES string of the molecule is C#CCN(CC1CC1)c1cc(CNCCC)ccn1. The average Bonchev–Trinajstić information content (AvgIpc) is 3.23. The number of nitrogens with one attached hydrogen (secondary N) is 1. The van der Waals surface area contributed by atoms with Crippen molar-refractivity contribution in [3.63, 3.8) is 0 Å². The van der Waals surface area contributed by atoms with E-state index < -0.39 is 0 Å². The summed E-state index contributed by atoms with van der Waals surface area (Å²) in [6.07, 6.45) is 11.2. The summed E-state index contributed by atoms with van der Waals surface area (Å²) in [6, 6.07) is 4.22. The van der Waals surface area contributed by atoms with Gasteiger partial charge in [-0.15, -0.1) is 6.42 Å². The Kier molecular flexibility index (Phi) is 5.23. The Balaban J connectivity index is 1.99. The first-order valence-electron chi connectivity index (χ1n) is 7.17. The second-order valence-corrected chi connectivity index (χ2v) is 5.23. The topological polar surface area (TPSA) is 28.2 Å². The lowest BCUT2D eigenvalue weighted by Crippen LogP contribution is -2.27. The summed E-state index contributed by atoms with van der Waals surface area (Å²) in [7, 11) is 0. The number of terminal acetylenes is 1. The first-order chi connectivity index (χ1) is 9.33. The zero-order valence-electron chi connectivity index (χ0n) is 11.7. The Bertz CT molecular complexity index is 432. The molecule has 19 heavy (non-hydrogen) atoms. The Morgan fingerprint density at radius 3 is 3.05 bits per heavy atom. The fraction of sp³-hybridized carbons (Fsp3) is 0.562. The number of rotatable bonds is 8. The zero-order chi connectivity index (χ0) is 13.5. The van der Waals surface area contributed by atoms with Crippen LogP contribution in [0, 0.1) is 18.3 Å². The quantitative estimate of drug-likeness (QED) is 0.572. The van der Waals surface area contributed by atoms with Crippen molar-refractivity contribution in [2.75, 3.05) is 24.5 Å². The maximum Gasteiger partial charge on any atom is 0.129 e. The molecule has 3 heteroatoms.